The summed E-state index contributed by atoms with van der Waals surface area (Å²) in [5.74, 6) is 0.328. The van der Waals surface area contributed by atoms with Crippen molar-refractivity contribution in [2.24, 2.45) is 0 Å². The van der Waals surface area contributed by atoms with Gasteiger partial charge in [0.05, 0.1) is 5.25 Å². The number of nitrogens with zero attached hydrogens (tertiary/aromatic N) is 2. The second kappa shape index (κ2) is 8.00. The topological polar surface area (TPSA) is 69.7 Å². The predicted octanol–water partition coefficient (Wildman–Crippen LogP) is 2.07. The highest BCUT2D eigenvalue weighted by Gasteiger charge is 2.49. The summed E-state index contributed by atoms with van der Waals surface area (Å²) < 4.78 is 27.0. The Labute approximate surface area is 174 Å². The fraction of sp³-hybridized carbons (Fsp3) is 0.682. The molecule has 1 aromatic rings. The molecule has 1 spiro atoms. The van der Waals surface area contributed by atoms with Gasteiger partial charge in [-0.25, -0.2) is 12.7 Å². The number of hydrogen-bond donors (Lipinski definition) is 1. The van der Waals surface area contributed by atoms with Gasteiger partial charge in [-0.2, -0.15) is 0 Å². The van der Waals surface area contributed by atoms with Gasteiger partial charge in [0.1, 0.15) is 0 Å². The van der Waals surface area contributed by atoms with E-state index >= 15 is 0 Å². The van der Waals surface area contributed by atoms with Crippen LogP contribution < -0.4 is 5.32 Å². The average Bonchev–Trinajstić information content (AvgIpc) is 3.50. The van der Waals surface area contributed by atoms with Crippen LogP contribution >= 0.6 is 0 Å². The molecule has 4 rings (SSSR count). The van der Waals surface area contributed by atoms with Crippen LogP contribution in [-0.2, 0) is 20.2 Å². The fourth-order valence-corrected chi connectivity index (χ4v) is 6.99. The van der Waals surface area contributed by atoms with Crippen LogP contribution in [0, 0.1) is 0 Å². The second-order valence-corrected chi connectivity index (χ2v) is 11.5. The van der Waals surface area contributed by atoms with Crippen molar-refractivity contribution in [1.29, 1.82) is 0 Å². The first kappa shape index (κ1) is 20.8. The fourth-order valence-electron chi connectivity index (χ4n) is 5.14. The highest BCUT2D eigenvalue weighted by Crippen LogP contribution is 2.53. The van der Waals surface area contributed by atoms with Crippen molar-refractivity contribution in [3.8, 4) is 0 Å². The van der Waals surface area contributed by atoms with Gasteiger partial charge in [0.15, 0.2) is 0 Å². The van der Waals surface area contributed by atoms with Crippen LogP contribution in [0.3, 0.4) is 0 Å². The van der Waals surface area contributed by atoms with Gasteiger partial charge in [0, 0.05) is 32.6 Å². The molecule has 1 amide bonds. The van der Waals surface area contributed by atoms with E-state index in [4.69, 9.17) is 0 Å². The molecular formula is C22H33N3O3S. The van der Waals surface area contributed by atoms with Crippen LogP contribution in [0.5, 0.6) is 0 Å². The first-order valence-corrected chi connectivity index (χ1v) is 12.3. The Bertz CT molecular complexity index is 856. The van der Waals surface area contributed by atoms with Crippen molar-refractivity contribution in [2.75, 3.05) is 40.3 Å². The lowest BCUT2D eigenvalue weighted by atomic mass is 9.73. The standard InChI is InChI=1S/C22H33N3O3S/c1-24(2)14-11-23-21(26)15-17-16-22(20-6-4-3-5-19(17)20)9-12-25(13-10-22)29(27,28)18-7-8-18/h3-6,17-18H,7-16H2,1-2H3,(H,23,26)/t17-/m1/s1. The third-order valence-corrected chi connectivity index (χ3v) is 9.31. The molecule has 7 heteroatoms. The largest absolute Gasteiger partial charge is 0.355 e. The van der Waals surface area contributed by atoms with Gasteiger partial charge >= 0.3 is 0 Å². The van der Waals surface area contributed by atoms with Crippen molar-refractivity contribution in [2.45, 2.75) is 55.1 Å². The minimum absolute atomic E-state index is 0.0146. The third kappa shape index (κ3) is 4.23. The van der Waals surface area contributed by atoms with Crippen LogP contribution in [0.4, 0.5) is 0 Å². The van der Waals surface area contributed by atoms with Gasteiger partial charge in [0.2, 0.25) is 15.9 Å². The third-order valence-electron chi connectivity index (χ3n) is 6.91. The lowest BCUT2D eigenvalue weighted by molar-refractivity contribution is -0.121. The molecule has 6 nitrogen and oxygen atoms in total. The maximum atomic E-state index is 12.6. The van der Waals surface area contributed by atoms with Crippen molar-refractivity contribution in [1.82, 2.24) is 14.5 Å². The monoisotopic (exact) mass is 419 g/mol. The molecule has 1 saturated carbocycles. The molecule has 2 aliphatic carbocycles. The lowest BCUT2D eigenvalue weighted by Gasteiger charge is -2.40. The smallest absolute Gasteiger partial charge is 0.220 e. The molecule has 0 aromatic heterocycles. The summed E-state index contributed by atoms with van der Waals surface area (Å²) in [6.45, 7) is 2.71. The van der Waals surface area contributed by atoms with E-state index in [0.717, 1.165) is 38.6 Å². The quantitative estimate of drug-likeness (QED) is 0.735. The number of amides is 1. The Morgan fingerprint density at radius 1 is 1.21 bits per heavy atom. The number of carbonyl (C=O) groups is 1. The number of sulfonamides is 1. The average molecular weight is 420 g/mol. The van der Waals surface area contributed by atoms with Crippen LogP contribution in [0.2, 0.25) is 0 Å². The van der Waals surface area contributed by atoms with E-state index in [0.29, 0.717) is 26.1 Å². The SMILES string of the molecule is CN(C)CCNC(=O)C[C@@H]1CC2(CCN(S(=O)(=O)C3CC3)CC2)c2ccccc21. The van der Waals surface area contributed by atoms with Gasteiger partial charge < -0.3 is 10.2 Å². The highest BCUT2D eigenvalue weighted by atomic mass is 32.2. The number of piperidine rings is 1. The maximum Gasteiger partial charge on any atom is 0.220 e. The Kier molecular flexibility index (Phi) is 5.75. The Morgan fingerprint density at radius 2 is 1.90 bits per heavy atom. The zero-order valence-electron chi connectivity index (χ0n) is 17.6. The first-order valence-electron chi connectivity index (χ1n) is 10.8. The van der Waals surface area contributed by atoms with E-state index in [-0.39, 0.29) is 22.5 Å². The van der Waals surface area contributed by atoms with Gasteiger partial charge in [-0.1, -0.05) is 24.3 Å². The van der Waals surface area contributed by atoms with E-state index < -0.39 is 10.0 Å². The molecule has 0 unspecified atom stereocenters. The molecular weight excluding hydrogens is 386 g/mol. The number of hydrogen-bond acceptors (Lipinski definition) is 4. The molecule has 1 heterocycles. The highest BCUT2D eigenvalue weighted by molar-refractivity contribution is 7.90. The molecule has 1 N–H and O–H groups in total. The van der Waals surface area contributed by atoms with Crippen LogP contribution in [0.25, 0.3) is 0 Å². The minimum Gasteiger partial charge on any atom is -0.355 e. The molecule has 1 aliphatic heterocycles. The first-order chi connectivity index (χ1) is 13.8. The van der Waals surface area contributed by atoms with E-state index in [1.165, 1.54) is 11.1 Å². The molecule has 1 saturated heterocycles. The summed E-state index contributed by atoms with van der Waals surface area (Å²) in [5.41, 5.74) is 2.64. The number of benzene rings is 1. The summed E-state index contributed by atoms with van der Waals surface area (Å²) in [6.07, 6.45) is 4.81. The summed E-state index contributed by atoms with van der Waals surface area (Å²) >= 11 is 0. The molecule has 29 heavy (non-hydrogen) atoms. The number of rotatable bonds is 7. The molecule has 160 valence electrons. The second-order valence-electron chi connectivity index (χ2n) is 9.27. The van der Waals surface area contributed by atoms with Crippen molar-refractivity contribution in [3.05, 3.63) is 35.4 Å². The van der Waals surface area contributed by atoms with Gasteiger partial charge in [0.25, 0.3) is 0 Å². The van der Waals surface area contributed by atoms with Crippen molar-refractivity contribution >= 4 is 15.9 Å². The van der Waals surface area contributed by atoms with E-state index in [2.05, 4.69) is 34.5 Å². The summed E-state index contributed by atoms with van der Waals surface area (Å²) in [7, 11) is 0.901. The van der Waals surface area contributed by atoms with Crippen molar-refractivity contribution < 1.29 is 13.2 Å². The molecule has 0 radical (unpaired) electrons. The van der Waals surface area contributed by atoms with Gasteiger partial charge in [-0.3, -0.25) is 4.79 Å². The zero-order valence-corrected chi connectivity index (χ0v) is 18.4. The Hall–Kier alpha value is -1.44. The van der Waals surface area contributed by atoms with Crippen LogP contribution in [-0.4, -0.2) is 69.1 Å². The van der Waals surface area contributed by atoms with E-state index in [9.17, 15) is 13.2 Å². The molecule has 0 bridgehead atoms. The van der Waals surface area contributed by atoms with Gasteiger partial charge in [-0.15, -0.1) is 0 Å². The summed E-state index contributed by atoms with van der Waals surface area (Å²) in [6, 6.07) is 8.49. The van der Waals surface area contributed by atoms with Gasteiger partial charge in [-0.05, 0) is 68.7 Å². The molecule has 1 aromatic carbocycles. The predicted molar refractivity (Wildman–Crippen MR) is 114 cm³/mol. The summed E-state index contributed by atoms with van der Waals surface area (Å²) in [5, 5.41) is 2.91. The summed E-state index contributed by atoms with van der Waals surface area (Å²) in [4.78, 5) is 14.6. The number of nitrogens with one attached hydrogen (secondary N) is 1. The molecule has 1 atom stereocenters. The van der Waals surface area contributed by atoms with Crippen LogP contribution in [0.15, 0.2) is 24.3 Å². The van der Waals surface area contributed by atoms with Crippen LogP contribution in [0.1, 0.15) is 55.6 Å². The van der Waals surface area contributed by atoms with E-state index in [1.807, 2.05) is 14.1 Å². The number of carbonyl (C=O) groups excluding carboxylic acids is 1. The number of likely N-dealkylation sites (N-methyl/N-ethyl adjacent to an activating group) is 1. The number of fused-ring (bicyclic) bond motifs is 2. The van der Waals surface area contributed by atoms with E-state index in [1.54, 1.807) is 4.31 Å². The maximum absolute atomic E-state index is 12.6. The normalized spacial score (nSPS) is 24.0. The Balaban J connectivity index is 1.44. The lowest BCUT2D eigenvalue weighted by Crippen LogP contribution is -2.45. The Morgan fingerprint density at radius 3 is 2.55 bits per heavy atom. The zero-order chi connectivity index (χ0) is 20.6. The van der Waals surface area contributed by atoms with Crippen molar-refractivity contribution in [3.63, 3.8) is 0 Å². The molecule has 3 aliphatic rings. The minimum atomic E-state index is -3.10. The molecule has 2 fully saturated rings.